The largest absolute Gasteiger partial charge is 0.384 e. The lowest BCUT2D eigenvalue weighted by molar-refractivity contribution is 0.0954. The minimum absolute atomic E-state index is 0.0865. The van der Waals surface area contributed by atoms with Crippen molar-refractivity contribution in [2.45, 2.75) is 12.3 Å². The fourth-order valence-corrected chi connectivity index (χ4v) is 3.32. The van der Waals surface area contributed by atoms with Crippen molar-refractivity contribution in [3.63, 3.8) is 0 Å². The van der Waals surface area contributed by atoms with E-state index in [2.05, 4.69) is 29.3 Å². The Labute approximate surface area is 127 Å². The van der Waals surface area contributed by atoms with Crippen LogP contribution in [0.2, 0.25) is 0 Å². The van der Waals surface area contributed by atoms with E-state index in [0.717, 1.165) is 6.42 Å². The fourth-order valence-electron chi connectivity index (χ4n) is 2.56. The molecule has 0 aliphatic heterocycles. The number of fused-ring (bicyclic) bond motifs is 1. The van der Waals surface area contributed by atoms with Crippen LogP contribution in [-0.2, 0) is 6.42 Å². The van der Waals surface area contributed by atoms with E-state index in [4.69, 9.17) is 5.11 Å². The van der Waals surface area contributed by atoms with Gasteiger partial charge < -0.3 is 10.4 Å². The molecule has 1 aromatic heterocycles. The Balaban J connectivity index is 1.62. The molecule has 1 amide bonds. The van der Waals surface area contributed by atoms with Crippen LogP contribution in [0.3, 0.4) is 0 Å². The maximum Gasteiger partial charge on any atom is 0.262 e. The first-order chi connectivity index (χ1) is 10.3. The molecule has 21 heavy (non-hydrogen) atoms. The number of hydrogen-bond donors (Lipinski definition) is 2. The summed E-state index contributed by atoms with van der Waals surface area (Å²) < 4.78 is 0. The van der Waals surface area contributed by atoms with Crippen LogP contribution in [0.5, 0.6) is 0 Å². The van der Waals surface area contributed by atoms with Crippen LogP contribution < -0.4 is 5.32 Å². The number of thiophene rings is 1. The Morgan fingerprint density at radius 2 is 2.24 bits per heavy atom. The van der Waals surface area contributed by atoms with Crippen molar-refractivity contribution in [3.8, 4) is 11.8 Å². The molecule has 2 aromatic rings. The zero-order valence-electron chi connectivity index (χ0n) is 11.4. The Bertz CT molecular complexity index is 724. The molecular formula is C17H15NO2S. The third kappa shape index (κ3) is 2.85. The summed E-state index contributed by atoms with van der Waals surface area (Å²) in [6, 6.07) is 10.1. The number of carbonyl (C=O) groups excluding carboxylic acids is 1. The number of benzene rings is 1. The molecular weight excluding hydrogens is 282 g/mol. The minimum Gasteiger partial charge on any atom is -0.384 e. The van der Waals surface area contributed by atoms with Crippen LogP contribution >= 0.6 is 11.3 Å². The van der Waals surface area contributed by atoms with Gasteiger partial charge in [-0.1, -0.05) is 36.1 Å². The summed E-state index contributed by atoms with van der Waals surface area (Å²) in [5.74, 6) is 5.71. The summed E-state index contributed by atoms with van der Waals surface area (Å²) in [6.45, 7) is 0.455. The Kier molecular flexibility index (Phi) is 4.05. The van der Waals surface area contributed by atoms with E-state index in [1.165, 1.54) is 22.5 Å². The first-order valence-electron chi connectivity index (χ1n) is 6.83. The van der Waals surface area contributed by atoms with Gasteiger partial charge in [-0.05, 0) is 29.0 Å². The third-order valence-electron chi connectivity index (χ3n) is 3.64. The molecule has 1 aliphatic carbocycles. The van der Waals surface area contributed by atoms with Gasteiger partial charge in [-0.25, -0.2) is 0 Å². The summed E-state index contributed by atoms with van der Waals surface area (Å²) in [6.07, 6.45) is 1.03. The molecule has 106 valence electrons. The monoisotopic (exact) mass is 297 g/mol. The van der Waals surface area contributed by atoms with Crippen LogP contribution in [0.15, 0.2) is 35.7 Å². The number of amides is 1. The summed E-state index contributed by atoms with van der Waals surface area (Å²) in [5, 5.41) is 13.6. The van der Waals surface area contributed by atoms with Crippen molar-refractivity contribution in [2.75, 3.05) is 13.2 Å². The second-order valence-corrected chi connectivity index (χ2v) is 5.85. The molecule has 0 spiro atoms. The van der Waals surface area contributed by atoms with Crippen LogP contribution in [0.4, 0.5) is 0 Å². The summed E-state index contributed by atoms with van der Waals surface area (Å²) in [7, 11) is 0. The summed E-state index contributed by atoms with van der Waals surface area (Å²) in [5.41, 5.74) is 3.40. The molecule has 2 N–H and O–H groups in total. The number of rotatable bonds is 3. The van der Waals surface area contributed by atoms with Crippen molar-refractivity contribution in [1.82, 2.24) is 5.32 Å². The lowest BCUT2D eigenvalue weighted by Crippen LogP contribution is -2.33. The van der Waals surface area contributed by atoms with E-state index in [1.54, 1.807) is 6.07 Å². The van der Waals surface area contributed by atoms with Crippen molar-refractivity contribution >= 4 is 17.2 Å². The maximum absolute atomic E-state index is 12.2. The molecule has 1 aromatic carbocycles. The van der Waals surface area contributed by atoms with E-state index in [9.17, 15) is 4.79 Å². The lowest BCUT2D eigenvalue weighted by Gasteiger charge is -2.30. The van der Waals surface area contributed by atoms with Gasteiger partial charge in [0.1, 0.15) is 11.5 Å². The molecule has 1 unspecified atom stereocenters. The zero-order valence-corrected chi connectivity index (χ0v) is 12.2. The number of hydrogen-bond acceptors (Lipinski definition) is 3. The fraction of sp³-hybridized carbons (Fsp3) is 0.235. The Morgan fingerprint density at radius 1 is 1.38 bits per heavy atom. The second kappa shape index (κ2) is 6.13. The molecule has 0 radical (unpaired) electrons. The van der Waals surface area contributed by atoms with E-state index < -0.39 is 0 Å². The van der Waals surface area contributed by atoms with Crippen molar-refractivity contribution in [1.29, 1.82) is 0 Å². The quantitative estimate of drug-likeness (QED) is 0.853. The van der Waals surface area contributed by atoms with Gasteiger partial charge in [-0.15, -0.1) is 11.3 Å². The van der Waals surface area contributed by atoms with Gasteiger partial charge in [0, 0.05) is 18.0 Å². The minimum atomic E-state index is -0.199. The van der Waals surface area contributed by atoms with E-state index in [1.807, 2.05) is 17.5 Å². The number of aliphatic hydroxyl groups is 1. The standard InChI is InChI=1S/C17H15NO2S/c19-8-3-5-12-7-9-21-16(12)17(20)18-11-14-10-13-4-1-2-6-15(13)14/h1-2,4,6-7,9,14,19H,8,10-11H2,(H,18,20). The smallest absolute Gasteiger partial charge is 0.262 e. The van der Waals surface area contributed by atoms with Gasteiger partial charge >= 0.3 is 0 Å². The molecule has 4 heteroatoms. The van der Waals surface area contributed by atoms with Gasteiger partial charge in [-0.2, -0.15) is 0 Å². The first kappa shape index (κ1) is 13.9. The van der Waals surface area contributed by atoms with Crippen LogP contribution in [0.25, 0.3) is 0 Å². The predicted molar refractivity (Wildman–Crippen MR) is 83.5 cm³/mol. The predicted octanol–water partition coefficient (Wildman–Crippen LogP) is 2.16. The molecule has 0 bridgehead atoms. The molecule has 1 atom stereocenters. The van der Waals surface area contributed by atoms with Gasteiger partial charge in [0.25, 0.3) is 5.91 Å². The topological polar surface area (TPSA) is 49.3 Å². The molecule has 3 nitrogen and oxygen atoms in total. The Hall–Kier alpha value is -2.09. The molecule has 3 rings (SSSR count). The van der Waals surface area contributed by atoms with Gasteiger partial charge in [0.15, 0.2) is 0 Å². The second-order valence-electron chi connectivity index (χ2n) is 4.93. The highest BCUT2D eigenvalue weighted by Crippen LogP contribution is 2.34. The molecule has 0 fully saturated rings. The van der Waals surface area contributed by atoms with Gasteiger partial charge in [0.05, 0.1) is 0 Å². The summed E-state index contributed by atoms with van der Waals surface area (Å²) >= 11 is 1.37. The number of nitrogens with one attached hydrogen (secondary N) is 1. The van der Waals surface area contributed by atoms with Crippen LogP contribution in [0.1, 0.15) is 32.3 Å². The van der Waals surface area contributed by atoms with Crippen LogP contribution in [0, 0.1) is 11.8 Å². The Morgan fingerprint density at radius 3 is 3.05 bits per heavy atom. The third-order valence-corrected chi connectivity index (χ3v) is 4.56. The highest BCUT2D eigenvalue weighted by Gasteiger charge is 2.26. The highest BCUT2D eigenvalue weighted by atomic mass is 32.1. The molecule has 0 saturated heterocycles. The van der Waals surface area contributed by atoms with E-state index in [-0.39, 0.29) is 12.5 Å². The van der Waals surface area contributed by atoms with Crippen molar-refractivity contribution in [3.05, 3.63) is 57.3 Å². The SMILES string of the molecule is O=C(NCC1Cc2ccccc21)c1sccc1C#CCO. The highest BCUT2D eigenvalue weighted by molar-refractivity contribution is 7.12. The maximum atomic E-state index is 12.2. The number of carbonyl (C=O) groups is 1. The van der Waals surface area contributed by atoms with E-state index >= 15 is 0 Å². The normalized spacial score (nSPS) is 15.4. The van der Waals surface area contributed by atoms with Crippen molar-refractivity contribution < 1.29 is 9.90 Å². The molecule has 1 aliphatic rings. The first-order valence-corrected chi connectivity index (χ1v) is 7.71. The molecule has 1 heterocycles. The average molecular weight is 297 g/mol. The molecule has 0 saturated carbocycles. The van der Waals surface area contributed by atoms with E-state index in [0.29, 0.717) is 22.9 Å². The van der Waals surface area contributed by atoms with Crippen LogP contribution in [-0.4, -0.2) is 24.2 Å². The van der Waals surface area contributed by atoms with Gasteiger partial charge in [-0.3, -0.25) is 4.79 Å². The zero-order chi connectivity index (χ0) is 14.7. The number of aliphatic hydroxyl groups excluding tert-OH is 1. The lowest BCUT2D eigenvalue weighted by atomic mass is 9.77. The summed E-state index contributed by atoms with van der Waals surface area (Å²) in [4.78, 5) is 12.8. The average Bonchev–Trinajstić information content (AvgIpc) is 2.94. The van der Waals surface area contributed by atoms with Gasteiger partial charge in [0.2, 0.25) is 0 Å². The van der Waals surface area contributed by atoms with Crippen molar-refractivity contribution in [2.24, 2.45) is 0 Å².